The minimum atomic E-state index is -1.71. The Bertz CT molecular complexity index is 975. The predicted molar refractivity (Wildman–Crippen MR) is 119 cm³/mol. The van der Waals surface area contributed by atoms with Crippen LogP contribution in [0.15, 0.2) is 54.6 Å². The Morgan fingerprint density at radius 1 is 1.13 bits per heavy atom. The van der Waals surface area contributed by atoms with Gasteiger partial charge in [-0.3, -0.25) is 9.69 Å². The molecule has 1 aliphatic heterocycles. The van der Waals surface area contributed by atoms with E-state index in [2.05, 4.69) is 0 Å². The number of aliphatic hydroxyl groups is 1. The van der Waals surface area contributed by atoms with E-state index in [1.165, 1.54) is 11.8 Å². The minimum Gasteiger partial charge on any atom is -0.443 e. The summed E-state index contributed by atoms with van der Waals surface area (Å²) in [4.78, 5) is 29.0. The van der Waals surface area contributed by atoms with Crippen molar-refractivity contribution in [2.45, 2.75) is 44.9 Å². The maximum absolute atomic E-state index is 13.6. The van der Waals surface area contributed by atoms with Gasteiger partial charge in [0, 0.05) is 5.02 Å². The number of nitrogens with zero attached hydrogens (tertiary/aromatic N) is 2. The minimum absolute atomic E-state index is 0.0750. The number of amides is 2. The number of carbonyl (C=O) groups excluding carboxylic acids is 2. The maximum Gasteiger partial charge on any atom is 0.417 e. The molecular formula is C22H23ClN2O4S. The van der Waals surface area contributed by atoms with E-state index < -0.39 is 29.2 Å². The van der Waals surface area contributed by atoms with Gasteiger partial charge in [-0.1, -0.05) is 41.9 Å². The molecule has 1 aliphatic rings. The first-order valence-corrected chi connectivity index (χ1v) is 10.2. The monoisotopic (exact) mass is 446 g/mol. The lowest BCUT2D eigenvalue weighted by Crippen LogP contribution is -2.55. The highest BCUT2D eigenvalue weighted by molar-refractivity contribution is 7.80. The maximum atomic E-state index is 13.6. The molecular weight excluding hydrogens is 424 g/mol. The Balaban J connectivity index is 2.12. The van der Waals surface area contributed by atoms with Gasteiger partial charge in [0.15, 0.2) is 10.7 Å². The van der Waals surface area contributed by atoms with Crippen molar-refractivity contribution >= 4 is 46.6 Å². The van der Waals surface area contributed by atoms with Crippen molar-refractivity contribution in [1.29, 1.82) is 0 Å². The number of hydrogen-bond acceptors (Lipinski definition) is 5. The second kappa shape index (κ2) is 7.98. The van der Waals surface area contributed by atoms with Crippen molar-refractivity contribution in [3.05, 3.63) is 65.2 Å². The van der Waals surface area contributed by atoms with E-state index in [0.717, 1.165) is 4.90 Å². The van der Waals surface area contributed by atoms with Gasteiger partial charge < -0.3 is 9.84 Å². The van der Waals surface area contributed by atoms with E-state index in [0.29, 0.717) is 16.3 Å². The first kappa shape index (κ1) is 22.2. The number of aliphatic hydroxyl groups excluding tert-OH is 1. The molecule has 30 heavy (non-hydrogen) atoms. The Hall–Kier alpha value is -2.48. The van der Waals surface area contributed by atoms with Crippen molar-refractivity contribution in [1.82, 2.24) is 4.90 Å². The summed E-state index contributed by atoms with van der Waals surface area (Å²) >= 11 is 11.5. The first-order chi connectivity index (χ1) is 14.0. The molecule has 0 bridgehead atoms. The van der Waals surface area contributed by atoms with Gasteiger partial charge >= 0.3 is 6.09 Å². The molecule has 0 unspecified atom stereocenters. The summed E-state index contributed by atoms with van der Waals surface area (Å²) in [5.41, 5.74) is -1.61. The van der Waals surface area contributed by atoms with Crippen LogP contribution in [-0.4, -0.2) is 38.3 Å². The molecule has 1 heterocycles. The quantitative estimate of drug-likeness (QED) is 0.692. The second-order valence-electron chi connectivity index (χ2n) is 8.18. The van der Waals surface area contributed by atoms with Gasteiger partial charge in [-0.15, -0.1) is 0 Å². The van der Waals surface area contributed by atoms with Crippen LogP contribution in [0.25, 0.3) is 0 Å². The van der Waals surface area contributed by atoms with Crippen LogP contribution in [0.2, 0.25) is 5.02 Å². The second-order valence-corrected chi connectivity index (χ2v) is 8.98. The van der Waals surface area contributed by atoms with Gasteiger partial charge in [0.25, 0.3) is 5.91 Å². The van der Waals surface area contributed by atoms with Crippen LogP contribution in [0.4, 0.5) is 10.5 Å². The standard InChI is InChI=1S/C22H23ClN2O4S/c1-21(2,3)29-20(28)25-19(30)24(16-12-10-15(23)11-13-16)18(27)22(25,4)17(26)14-8-6-5-7-9-14/h5-13,17,26H,1-4H3/t17-,22+/m0/s1. The van der Waals surface area contributed by atoms with E-state index in [4.69, 9.17) is 28.6 Å². The van der Waals surface area contributed by atoms with Gasteiger partial charge in [-0.2, -0.15) is 0 Å². The lowest BCUT2D eigenvalue weighted by Gasteiger charge is -2.36. The molecule has 0 aromatic heterocycles. The first-order valence-electron chi connectivity index (χ1n) is 9.37. The van der Waals surface area contributed by atoms with Crippen LogP contribution in [0.5, 0.6) is 0 Å². The fraction of sp³-hybridized carbons (Fsp3) is 0.318. The Kier molecular flexibility index (Phi) is 5.91. The average molecular weight is 447 g/mol. The number of hydrogen-bond donors (Lipinski definition) is 1. The molecule has 8 heteroatoms. The number of rotatable bonds is 3. The van der Waals surface area contributed by atoms with E-state index in [-0.39, 0.29) is 5.11 Å². The Morgan fingerprint density at radius 3 is 2.23 bits per heavy atom. The topological polar surface area (TPSA) is 70.1 Å². The molecule has 2 aromatic carbocycles. The molecule has 0 saturated carbocycles. The molecule has 1 fully saturated rings. The Morgan fingerprint density at radius 2 is 1.70 bits per heavy atom. The molecule has 0 aliphatic carbocycles. The number of ether oxygens (including phenoxy) is 1. The number of halogens is 1. The van der Waals surface area contributed by atoms with Crippen LogP contribution in [0.3, 0.4) is 0 Å². The summed E-state index contributed by atoms with van der Waals surface area (Å²) in [5.74, 6) is -0.544. The molecule has 6 nitrogen and oxygen atoms in total. The Labute approximate surface area is 186 Å². The molecule has 0 spiro atoms. The molecule has 2 aromatic rings. The summed E-state index contributed by atoms with van der Waals surface area (Å²) in [6, 6.07) is 15.1. The number of thiocarbonyl (C=S) groups is 1. The number of anilines is 1. The normalized spacial score (nSPS) is 20.5. The van der Waals surface area contributed by atoms with Crippen molar-refractivity contribution in [2.24, 2.45) is 0 Å². The molecule has 3 rings (SSSR count). The summed E-state index contributed by atoms with van der Waals surface area (Å²) in [6.45, 7) is 6.63. The fourth-order valence-electron chi connectivity index (χ4n) is 3.30. The van der Waals surface area contributed by atoms with Gasteiger partial charge in [0.05, 0.1) is 5.69 Å². The van der Waals surface area contributed by atoms with Gasteiger partial charge in [0.2, 0.25) is 0 Å². The highest BCUT2D eigenvalue weighted by Gasteiger charge is 2.60. The molecule has 2 amide bonds. The van der Waals surface area contributed by atoms with E-state index in [1.54, 1.807) is 75.4 Å². The number of carbonyl (C=O) groups is 2. The highest BCUT2D eigenvalue weighted by Crippen LogP contribution is 2.41. The van der Waals surface area contributed by atoms with Crippen LogP contribution in [0, 0.1) is 0 Å². The third-order valence-electron chi connectivity index (χ3n) is 4.79. The zero-order valence-electron chi connectivity index (χ0n) is 17.1. The highest BCUT2D eigenvalue weighted by atomic mass is 35.5. The third-order valence-corrected chi connectivity index (χ3v) is 5.41. The molecule has 2 atom stereocenters. The van der Waals surface area contributed by atoms with E-state index in [9.17, 15) is 14.7 Å². The van der Waals surface area contributed by atoms with Gasteiger partial charge in [-0.25, -0.2) is 9.69 Å². The summed E-state index contributed by atoms with van der Waals surface area (Å²) in [6.07, 6.45) is -2.15. The van der Waals surface area contributed by atoms with Crippen LogP contribution < -0.4 is 4.90 Å². The summed E-state index contributed by atoms with van der Waals surface area (Å²) in [7, 11) is 0. The van der Waals surface area contributed by atoms with Crippen LogP contribution >= 0.6 is 23.8 Å². The number of benzene rings is 2. The van der Waals surface area contributed by atoms with Crippen molar-refractivity contribution in [3.63, 3.8) is 0 Å². The molecule has 1 saturated heterocycles. The average Bonchev–Trinajstić information content (AvgIpc) is 2.88. The SMILES string of the molecule is CC(C)(C)OC(=O)N1C(=S)N(c2ccc(Cl)cc2)C(=O)[C@@]1(C)[C@@H](O)c1ccccc1. The third kappa shape index (κ3) is 3.93. The fourth-order valence-corrected chi connectivity index (χ4v) is 3.88. The van der Waals surface area contributed by atoms with Crippen LogP contribution in [0.1, 0.15) is 39.4 Å². The van der Waals surface area contributed by atoms with E-state index >= 15 is 0 Å². The smallest absolute Gasteiger partial charge is 0.417 e. The van der Waals surface area contributed by atoms with Crippen molar-refractivity contribution < 1.29 is 19.4 Å². The van der Waals surface area contributed by atoms with E-state index in [1.807, 2.05) is 0 Å². The molecule has 158 valence electrons. The van der Waals surface area contributed by atoms with Crippen molar-refractivity contribution in [3.8, 4) is 0 Å². The molecule has 1 N–H and O–H groups in total. The van der Waals surface area contributed by atoms with Gasteiger partial charge in [0.1, 0.15) is 11.7 Å². The zero-order valence-corrected chi connectivity index (χ0v) is 18.7. The van der Waals surface area contributed by atoms with Crippen LogP contribution in [-0.2, 0) is 9.53 Å². The van der Waals surface area contributed by atoms with Gasteiger partial charge in [-0.05, 0) is 69.7 Å². The van der Waals surface area contributed by atoms with Crippen molar-refractivity contribution in [2.75, 3.05) is 4.90 Å². The molecule has 0 radical (unpaired) electrons. The zero-order chi connectivity index (χ0) is 22.3. The largest absolute Gasteiger partial charge is 0.443 e. The lowest BCUT2D eigenvalue weighted by molar-refractivity contribution is -0.130. The summed E-state index contributed by atoms with van der Waals surface area (Å²) < 4.78 is 5.51. The lowest BCUT2D eigenvalue weighted by atomic mass is 9.88. The summed E-state index contributed by atoms with van der Waals surface area (Å²) in [5, 5.41) is 11.6. The predicted octanol–water partition coefficient (Wildman–Crippen LogP) is 4.70.